The van der Waals surface area contributed by atoms with E-state index in [1.165, 1.54) is 17.7 Å². The molecule has 2 heterocycles. The highest BCUT2D eigenvalue weighted by Gasteiger charge is 2.18. The third-order valence-electron chi connectivity index (χ3n) is 4.71. The Morgan fingerprint density at radius 1 is 1.21 bits per heavy atom. The smallest absolute Gasteiger partial charge is 0.133 e. The summed E-state index contributed by atoms with van der Waals surface area (Å²) in [5.41, 5.74) is 3.56. The lowest BCUT2D eigenvalue weighted by molar-refractivity contribution is 0.197. The predicted octanol–water partition coefficient (Wildman–Crippen LogP) is 5.38. The van der Waals surface area contributed by atoms with E-state index in [1.807, 2.05) is 25.3 Å². The molecule has 0 radical (unpaired) electrons. The fourth-order valence-corrected chi connectivity index (χ4v) is 3.67. The second-order valence-corrected chi connectivity index (χ2v) is 7.68. The van der Waals surface area contributed by atoms with Gasteiger partial charge in [-0.2, -0.15) is 5.10 Å². The van der Waals surface area contributed by atoms with Crippen LogP contribution in [0.2, 0.25) is 0 Å². The van der Waals surface area contributed by atoms with E-state index < -0.39 is 11.6 Å². The SMILES string of the molecule is CC1=CC(OCc2ccc(F)cc2F)=C(Br)CN1Cc1ccc2[nH]ncc2c1. The molecule has 28 heavy (non-hydrogen) atoms. The van der Waals surface area contributed by atoms with Crippen molar-refractivity contribution >= 4 is 26.8 Å². The normalized spacial score (nSPS) is 14.6. The second kappa shape index (κ2) is 7.75. The molecular formula is C21H18BrF2N3O. The van der Waals surface area contributed by atoms with Crippen LogP contribution in [0.4, 0.5) is 8.78 Å². The average Bonchev–Trinajstić information content (AvgIpc) is 3.12. The van der Waals surface area contributed by atoms with Gasteiger partial charge in [0.1, 0.15) is 24.0 Å². The summed E-state index contributed by atoms with van der Waals surface area (Å²) in [6.07, 6.45) is 3.74. The van der Waals surface area contributed by atoms with Crippen molar-refractivity contribution < 1.29 is 13.5 Å². The van der Waals surface area contributed by atoms with Gasteiger partial charge in [0.05, 0.1) is 22.7 Å². The van der Waals surface area contributed by atoms with Crippen LogP contribution in [0.25, 0.3) is 10.9 Å². The monoisotopic (exact) mass is 445 g/mol. The number of nitrogens with one attached hydrogen (secondary N) is 1. The Kier molecular flexibility index (Phi) is 5.17. The molecule has 144 valence electrons. The molecular weight excluding hydrogens is 428 g/mol. The van der Waals surface area contributed by atoms with Crippen molar-refractivity contribution in [3.05, 3.63) is 87.4 Å². The Morgan fingerprint density at radius 3 is 2.89 bits per heavy atom. The summed E-state index contributed by atoms with van der Waals surface area (Å²) >= 11 is 3.57. The predicted molar refractivity (Wildman–Crippen MR) is 107 cm³/mol. The molecule has 0 saturated carbocycles. The van der Waals surface area contributed by atoms with E-state index >= 15 is 0 Å². The van der Waals surface area contributed by atoms with Gasteiger partial charge in [-0.05, 0) is 58.8 Å². The van der Waals surface area contributed by atoms with E-state index in [-0.39, 0.29) is 6.61 Å². The number of H-pyrrole nitrogens is 1. The summed E-state index contributed by atoms with van der Waals surface area (Å²) in [5, 5.41) is 8.09. The third kappa shape index (κ3) is 3.94. The van der Waals surface area contributed by atoms with Crippen LogP contribution in [0, 0.1) is 11.6 Å². The van der Waals surface area contributed by atoms with Crippen LogP contribution in [0.1, 0.15) is 18.1 Å². The van der Waals surface area contributed by atoms with Gasteiger partial charge in [-0.25, -0.2) is 8.78 Å². The van der Waals surface area contributed by atoms with Crippen LogP contribution in [0.15, 0.2) is 64.6 Å². The number of benzene rings is 2. The fraction of sp³-hybridized carbons (Fsp3) is 0.190. The Morgan fingerprint density at radius 2 is 2.07 bits per heavy atom. The van der Waals surface area contributed by atoms with Crippen molar-refractivity contribution in [2.75, 3.05) is 6.54 Å². The summed E-state index contributed by atoms with van der Waals surface area (Å²) in [7, 11) is 0. The molecule has 0 aliphatic carbocycles. The number of aromatic nitrogens is 2. The van der Waals surface area contributed by atoms with E-state index in [0.717, 1.165) is 33.7 Å². The van der Waals surface area contributed by atoms with Gasteiger partial charge in [-0.15, -0.1) is 0 Å². The van der Waals surface area contributed by atoms with Gasteiger partial charge in [-0.1, -0.05) is 6.07 Å². The molecule has 1 aromatic heterocycles. The highest BCUT2D eigenvalue weighted by atomic mass is 79.9. The van der Waals surface area contributed by atoms with Gasteiger partial charge in [-0.3, -0.25) is 5.10 Å². The molecule has 0 atom stereocenters. The average molecular weight is 446 g/mol. The van der Waals surface area contributed by atoms with Crippen molar-refractivity contribution in [1.29, 1.82) is 0 Å². The first-order chi connectivity index (χ1) is 13.5. The summed E-state index contributed by atoms with van der Waals surface area (Å²) in [6.45, 7) is 3.44. The maximum Gasteiger partial charge on any atom is 0.133 e. The van der Waals surface area contributed by atoms with Crippen LogP contribution < -0.4 is 0 Å². The first-order valence-corrected chi connectivity index (χ1v) is 9.59. The number of halogens is 3. The van der Waals surface area contributed by atoms with E-state index in [2.05, 4.69) is 43.2 Å². The minimum atomic E-state index is -0.607. The van der Waals surface area contributed by atoms with Gasteiger partial charge in [0, 0.05) is 29.3 Å². The number of fused-ring (bicyclic) bond motifs is 1. The van der Waals surface area contributed by atoms with Gasteiger partial charge >= 0.3 is 0 Å². The van der Waals surface area contributed by atoms with Crippen molar-refractivity contribution in [3.8, 4) is 0 Å². The summed E-state index contributed by atoms with van der Waals surface area (Å²) < 4.78 is 33.5. The molecule has 4 nitrogen and oxygen atoms in total. The van der Waals surface area contributed by atoms with Gasteiger partial charge in [0.15, 0.2) is 0 Å². The summed E-state index contributed by atoms with van der Waals surface area (Å²) in [5.74, 6) is -0.549. The highest BCUT2D eigenvalue weighted by Crippen LogP contribution is 2.28. The highest BCUT2D eigenvalue weighted by molar-refractivity contribution is 9.11. The minimum absolute atomic E-state index is 0.0392. The Hall–Kier alpha value is -2.67. The fourth-order valence-electron chi connectivity index (χ4n) is 3.14. The maximum absolute atomic E-state index is 13.8. The molecule has 1 aliphatic heterocycles. The molecule has 0 spiro atoms. The zero-order chi connectivity index (χ0) is 19.7. The number of allylic oxidation sites excluding steroid dienone is 2. The first-order valence-electron chi connectivity index (χ1n) is 8.80. The largest absolute Gasteiger partial charge is 0.488 e. The third-order valence-corrected chi connectivity index (χ3v) is 5.35. The molecule has 7 heteroatoms. The molecule has 0 amide bonds. The number of hydrogen-bond donors (Lipinski definition) is 1. The molecule has 4 rings (SSSR count). The molecule has 0 unspecified atom stereocenters. The molecule has 1 N–H and O–H groups in total. The lowest BCUT2D eigenvalue weighted by atomic mass is 10.1. The number of hydrogen-bond acceptors (Lipinski definition) is 3. The van der Waals surface area contributed by atoms with Crippen LogP contribution in [-0.4, -0.2) is 21.6 Å². The molecule has 2 aromatic carbocycles. The number of aromatic amines is 1. The number of ether oxygens (including phenoxy) is 1. The molecule has 3 aromatic rings. The zero-order valence-corrected chi connectivity index (χ0v) is 16.8. The number of rotatable bonds is 5. The summed E-state index contributed by atoms with van der Waals surface area (Å²) in [6, 6.07) is 9.71. The standard InChI is InChI=1S/C21H18BrF2N3O/c1-13-6-21(28-12-15-3-4-17(23)8-19(15)24)18(22)11-27(13)10-14-2-5-20-16(7-14)9-25-26-20/h2-9H,10-12H2,1H3,(H,25,26). The van der Waals surface area contributed by atoms with Crippen LogP contribution in [0.3, 0.4) is 0 Å². The molecule has 1 aliphatic rings. The molecule has 0 saturated heterocycles. The van der Waals surface area contributed by atoms with E-state index in [4.69, 9.17) is 4.74 Å². The Balaban J connectivity index is 1.44. The number of nitrogens with zero attached hydrogens (tertiary/aromatic N) is 2. The van der Waals surface area contributed by atoms with E-state index in [0.29, 0.717) is 17.9 Å². The van der Waals surface area contributed by atoms with Gasteiger partial charge < -0.3 is 9.64 Å². The zero-order valence-electron chi connectivity index (χ0n) is 15.2. The summed E-state index contributed by atoms with van der Waals surface area (Å²) in [4.78, 5) is 2.22. The van der Waals surface area contributed by atoms with Crippen LogP contribution in [0.5, 0.6) is 0 Å². The van der Waals surface area contributed by atoms with Crippen molar-refractivity contribution in [3.63, 3.8) is 0 Å². The van der Waals surface area contributed by atoms with E-state index in [1.54, 1.807) is 0 Å². The topological polar surface area (TPSA) is 41.1 Å². The first kappa shape index (κ1) is 18.7. The van der Waals surface area contributed by atoms with Crippen LogP contribution in [-0.2, 0) is 17.9 Å². The van der Waals surface area contributed by atoms with Crippen molar-refractivity contribution in [2.45, 2.75) is 20.1 Å². The van der Waals surface area contributed by atoms with Crippen molar-refractivity contribution in [2.24, 2.45) is 0 Å². The van der Waals surface area contributed by atoms with E-state index in [9.17, 15) is 8.78 Å². The Bertz CT molecular complexity index is 1090. The van der Waals surface area contributed by atoms with Crippen LogP contribution >= 0.6 is 15.9 Å². The molecule has 0 fully saturated rings. The lowest BCUT2D eigenvalue weighted by Gasteiger charge is -2.30. The lowest BCUT2D eigenvalue weighted by Crippen LogP contribution is -2.26. The molecule has 0 bridgehead atoms. The second-order valence-electron chi connectivity index (χ2n) is 6.73. The quantitative estimate of drug-likeness (QED) is 0.572. The van der Waals surface area contributed by atoms with Gasteiger partial charge in [0.25, 0.3) is 0 Å². The minimum Gasteiger partial charge on any atom is -0.488 e. The van der Waals surface area contributed by atoms with Crippen molar-refractivity contribution in [1.82, 2.24) is 15.1 Å². The Labute approximate surface area is 169 Å². The maximum atomic E-state index is 13.8. The van der Waals surface area contributed by atoms with Gasteiger partial charge in [0.2, 0.25) is 0 Å².